The first-order chi connectivity index (χ1) is 10.5. The van der Waals surface area contributed by atoms with Crippen molar-refractivity contribution in [3.63, 3.8) is 0 Å². The van der Waals surface area contributed by atoms with Crippen LogP contribution in [0.4, 0.5) is 0 Å². The molecule has 2 heterocycles. The van der Waals surface area contributed by atoms with E-state index in [1.165, 1.54) is 4.68 Å². The van der Waals surface area contributed by atoms with E-state index < -0.39 is 5.41 Å². The van der Waals surface area contributed by atoms with Gasteiger partial charge in [-0.1, -0.05) is 20.3 Å². The largest absolute Gasteiger partial charge is 0.295 e. The Balaban J connectivity index is 2.03. The van der Waals surface area contributed by atoms with Crippen molar-refractivity contribution in [2.24, 2.45) is 5.41 Å². The third-order valence-corrected chi connectivity index (χ3v) is 4.43. The van der Waals surface area contributed by atoms with Gasteiger partial charge in [0.15, 0.2) is 6.29 Å². The van der Waals surface area contributed by atoms with Gasteiger partial charge < -0.3 is 0 Å². The topological polar surface area (TPSA) is 72.3 Å². The van der Waals surface area contributed by atoms with Crippen LogP contribution < -0.4 is 0 Å². The van der Waals surface area contributed by atoms with Gasteiger partial charge in [-0.15, -0.1) is 0 Å². The summed E-state index contributed by atoms with van der Waals surface area (Å²) in [6, 6.07) is 1.53. The lowest BCUT2D eigenvalue weighted by atomic mass is 9.84. The number of Topliss-reactive ketones (excluding diaryl/α,β-unsaturated/α-hetero) is 1. The predicted molar refractivity (Wildman–Crippen MR) is 81.5 cm³/mol. The standard InChI is InChI=1S/C16H23N3O3/c1-16(2,14(21)12-20)7-11-18-9-4-3-6-13(18)15(22)19-10-5-8-17-19/h5,8,10,12-13H,3-4,6-7,9,11H2,1-2H3. The normalized spacial score (nSPS) is 19.8. The van der Waals surface area contributed by atoms with E-state index in [2.05, 4.69) is 10.00 Å². The number of rotatable bonds is 6. The Morgan fingerprint density at radius 2 is 2.14 bits per heavy atom. The number of hydrogen-bond acceptors (Lipinski definition) is 5. The maximum absolute atomic E-state index is 12.5. The Bertz CT molecular complexity index is 537. The van der Waals surface area contributed by atoms with E-state index in [1.54, 1.807) is 32.3 Å². The molecule has 1 aliphatic rings. The van der Waals surface area contributed by atoms with Crippen LogP contribution in [0.1, 0.15) is 44.3 Å². The molecule has 2 rings (SSSR count). The van der Waals surface area contributed by atoms with Crippen LogP contribution in [-0.4, -0.2) is 51.8 Å². The van der Waals surface area contributed by atoms with Gasteiger partial charge in [0.05, 0.1) is 6.04 Å². The summed E-state index contributed by atoms with van der Waals surface area (Å²) in [4.78, 5) is 37.0. The zero-order chi connectivity index (χ0) is 16.2. The molecule has 0 aromatic carbocycles. The van der Waals surface area contributed by atoms with Crippen LogP contribution in [-0.2, 0) is 9.59 Å². The molecule has 1 aromatic heterocycles. The third-order valence-electron chi connectivity index (χ3n) is 4.43. The number of carbonyl (C=O) groups is 3. The molecule has 6 nitrogen and oxygen atoms in total. The number of likely N-dealkylation sites (tertiary alicyclic amines) is 1. The Morgan fingerprint density at radius 3 is 2.77 bits per heavy atom. The van der Waals surface area contributed by atoms with Crippen LogP contribution >= 0.6 is 0 Å². The lowest BCUT2D eigenvalue weighted by molar-refractivity contribution is -0.136. The van der Waals surface area contributed by atoms with Crippen molar-refractivity contribution in [3.05, 3.63) is 18.5 Å². The third kappa shape index (κ3) is 3.68. The van der Waals surface area contributed by atoms with Crippen molar-refractivity contribution < 1.29 is 14.4 Å². The summed E-state index contributed by atoms with van der Waals surface area (Å²) in [5.41, 5.74) is -0.682. The minimum absolute atomic E-state index is 0.0239. The second-order valence-electron chi connectivity index (χ2n) is 6.45. The first kappa shape index (κ1) is 16.5. The molecule has 120 valence electrons. The molecule has 0 saturated carbocycles. The van der Waals surface area contributed by atoms with Gasteiger partial charge in [0.25, 0.3) is 5.91 Å². The molecule has 6 heteroatoms. The average Bonchev–Trinajstić information content (AvgIpc) is 3.06. The summed E-state index contributed by atoms with van der Waals surface area (Å²) in [7, 11) is 0. The molecule has 1 fully saturated rings. The molecule has 0 N–H and O–H groups in total. The van der Waals surface area contributed by atoms with Crippen LogP contribution in [0.15, 0.2) is 18.5 Å². The smallest absolute Gasteiger partial charge is 0.264 e. The monoisotopic (exact) mass is 305 g/mol. The Morgan fingerprint density at radius 1 is 1.36 bits per heavy atom. The van der Waals surface area contributed by atoms with Crippen molar-refractivity contribution in [1.29, 1.82) is 0 Å². The van der Waals surface area contributed by atoms with Crippen molar-refractivity contribution in [2.75, 3.05) is 13.1 Å². The molecule has 0 bridgehead atoms. The summed E-state index contributed by atoms with van der Waals surface area (Å²) < 4.78 is 1.38. The van der Waals surface area contributed by atoms with Crippen molar-refractivity contribution in [2.45, 2.75) is 45.6 Å². The second kappa shape index (κ2) is 6.96. The van der Waals surface area contributed by atoms with E-state index in [0.717, 1.165) is 25.8 Å². The molecule has 1 unspecified atom stereocenters. The van der Waals surface area contributed by atoms with Crippen LogP contribution in [0.2, 0.25) is 0 Å². The molecular formula is C16H23N3O3. The average molecular weight is 305 g/mol. The number of piperidine rings is 1. The predicted octanol–water partition coefficient (Wildman–Crippen LogP) is 1.56. The molecule has 0 radical (unpaired) electrons. The minimum atomic E-state index is -0.682. The summed E-state index contributed by atoms with van der Waals surface area (Å²) in [6.07, 6.45) is 7.08. The van der Waals surface area contributed by atoms with E-state index in [4.69, 9.17) is 0 Å². The summed E-state index contributed by atoms with van der Waals surface area (Å²) in [5, 5.41) is 4.02. The van der Waals surface area contributed by atoms with Gasteiger partial charge in [0.2, 0.25) is 5.78 Å². The van der Waals surface area contributed by atoms with Crippen LogP contribution in [0, 0.1) is 5.41 Å². The maximum Gasteiger partial charge on any atom is 0.264 e. The first-order valence-electron chi connectivity index (χ1n) is 7.73. The summed E-state index contributed by atoms with van der Waals surface area (Å²) in [6.45, 7) is 5.02. The van der Waals surface area contributed by atoms with Crippen LogP contribution in [0.25, 0.3) is 0 Å². The quantitative estimate of drug-likeness (QED) is 0.589. The molecule has 1 atom stereocenters. The Kier molecular flexibility index (Phi) is 5.24. The number of carbonyl (C=O) groups excluding carboxylic acids is 3. The fourth-order valence-electron chi connectivity index (χ4n) is 2.80. The molecule has 22 heavy (non-hydrogen) atoms. The highest BCUT2D eigenvalue weighted by Crippen LogP contribution is 2.25. The number of nitrogens with zero attached hydrogens (tertiary/aromatic N) is 3. The van der Waals surface area contributed by atoms with Crippen molar-refractivity contribution in [1.82, 2.24) is 14.7 Å². The first-order valence-corrected chi connectivity index (χ1v) is 7.73. The molecular weight excluding hydrogens is 282 g/mol. The molecule has 0 amide bonds. The van der Waals surface area contributed by atoms with E-state index in [1.807, 2.05) is 0 Å². The summed E-state index contributed by atoms with van der Waals surface area (Å²) >= 11 is 0. The summed E-state index contributed by atoms with van der Waals surface area (Å²) in [5.74, 6) is -0.413. The molecule has 0 spiro atoms. The SMILES string of the molecule is CC(C)(CCN1CCCCC1C(=O)n1cccn1)C(=O)C=O. The van der Waals surface area contributed by atoms with Crippen molar-refractivity contribution in [3.8, 4) is 0 Å². The Hall–Kier alpha value is -1.82. The minimum Gasteiger partial charge on any atom is -0.295 e. The van der Waals surface area contributed by atoms with Crippen LogP contribution in [0.5, 0.6) is 0 Å². The number of aldehydes is 1. The number of ketones is 1. The zero-order valence-corrected chi connectivity index (χ0v) is 13.2. The van der Waals surface area contributed by atoms with Crippen molar-refractivity contribution >= 4 is 18.0 Å². The van der Waals surface area contributed by atoms with Gasteiger partial charge in [-0.05, 0) is 38.4 Å². The van der Waals surface area contributed by atoms with Gasteiger partial charge >= 0.3 is 0 Å². The lowest BCUT2D eigenvalue weighted by Gasteiger charge is -2.36. The number of hydrogen-bond donors (Lipinski definition) is 0. The highest BCUT2D eigenvalue weighted by Gasteiger charge is 2.33. The van der Waals surface area contributed by atoms with E-state index in [0.29, 0.717) is 19.3 Å². The molecule has 0 aliphatic carbocycles. The fraction of sp³-hybridized carbons (Fsp3) is 0.625. The molecule has 1 aliphatic heterocycles. The Labute approximate surface area is 130 Å². The van der Waals surface area contributed by atoms with Gasteiger partial charge in [0.1, 0.15) is 0 Å². The van der Waals surface area contributed by atoms with E-state index >= 15 is 0 Å². The molecule has 1 saturated heterocycles. The lowest BCUT2D eigenvalue weighted by Crippen LogP contribution is -2.48. The van der Waals surface area contributed by atoms with E-state index in [9.17, 15) is 14.4 Å². The highest BCUT2D eigenvalue weighted by atomic mass is 16.2. The fourth-order valence-corrected chi connectivity index (χ4v) is 2.80. The van der Waals surface area contributed by atoms with Gasteiger partial charge in [-0.3, -0.25) is 19.3 Å². The molecule has 1 aromatic rings. The maximum atomic E-state index is 12.5. The second-order valence-corrected chi connectivity index (χ2v) is 6.45. The zero-order valence-electron chi connectivity index (χ0n) is 13.2. The number of aromatic nitrogens is 2. The van der Waals surface area contributed by atoms with Crippen LogP contribution in [0.3, 0.4) is 0 Å². The highest BCUT2D eigenvalue weighted by molar-refractivity contribution is 6.27. The van der Waals surface area contributed by atoms with Gasteiger partial charge in [-0.2, -0.15) is 5.10 Å². The van der Waals surface area contributed by atoms with Gasteiger partial charge in [0, 0.05) is 17.8 Å². The van der Waals surface area contributed by atoms with E-state index in [-0.39, 0.29) is 17.7 Å². The van der Waals surface area contributed by atoms with Gasteiger partial charge in [-0.25, -0.2) is 4.68 Å².